The van der Waals surface area contributed by atoms with Crippen molar-refractivity contribution in [3.05, 3.63) is 46.5 Å². The fraction of sp³-hybridized carbons (Fsp3) is 0.400. The monoisotopic (exact) mass is 322 g/mol. The summed E-state index contributed by atoms with van der Waals surface area (Å²) >= 11 is 0. The Bertz CT molecular complexity index is 731. The third kappa shape index (κ3) is 3.28. The van der Waals surface area contributed by atoms with Crippen molar-refractivity contribution >= 4 is 24.0 Å². The molecule has 2 atom stereocenters. The van der Waals surface area contributed by atoms with Gasteiger partial charge in [0.15, 0.2) is 0 Å². The number of carbonyl (C=O) groups is 1. The molecule has 0 bridgehead atoms. The van der Waals surface area contributed by atoms with Gasteiger partial charge in [-0.05, 0) is 38.4 Å². The van der Waals surface area contributed by atoms with E-state index < -0.39 is 0 Å². The van der Waals surface area contributed by atoms with Gasteiger partial charge < -0.3 is 10.6 Å². The zero-order valence-corrected chi connectivity index (χ0v) is 13.1. The number of carbonyl (C=O) groups excluding carboxylic acids is 1. The molecule has 0 saturated carbocycles. The van der Waals surface area contributed by atoms with Crippen LogP contribution in [0.4, 0.5) is 0 Å². The highest BCUT2D eigenvalue weighted by molar-refractivity contribution is 5.93. The lowest BCUT2D eigenvalue weighted by Crippen LogP contribution is -2.47. The molecule has 22 heavy (non-hydrogen) atoms. The van der Waals surface area contributed by atoms with Gasteiger partial charge in [-0.25, -0.2) is 4.98 Å². The molecule has 3 heterocycles. The summed E-state index contributed by atoms with van der Waals surface area (Å²) in [4.78, 5) is 28.8. The second kappa shape index (κ2) is 6.89. The Hall–Kier alpha value is -1.92. The maximum Gasteiger partial charge on any atom is 0.270 e. The smallest absolute Gasteiger partial charge is 0.270 e. The summed E-state index contributed by atoms with van der Waals surface area (Å²) in [5.41, 5.74) is 0.291. The van der Waals surface area contributed by atoms with Gasteiger partial charge in [0.25, 0.3) is 11.5 Å². The molecular weight excluding hydrogens is 304 g/mol. The molecule has 0 spiro atoms. The molecule has 2 aromatic rings. The van der Waals surface area contributed by atoms with Crippen LogP contribution in [0.15, 0.2) is 35.4 Å². The maximum atomic E-state index is 12.3. The number of aromatic nitrogens is 2. The highest BCUT2D eigenvalue weighted by Crippen LogP contribution is 2.08. The van der Waals surface area contributed by atoms with Gasteiger partial charge in [-0.1, -0.05) is 6.07 Å². The molecule has 0 aliphatic carbocycles. The van der Waals surface area contributed by atoms with Crippen molar-refractivity contribution in [2.24, 2.45) is 0 Å². The number of hydrogen-bond donors (Lipinski definition) is 2. The Morgan fingerprint density at radius 3 is 3.05 bits per heavy atom. The summed E-state index contributed by atoms with van der Waals surface area (Å²) < 4.78 is 1.39. The van der Waals surface area contributed by atoms with Crippen LogP contribution in [0.2, 0.25) is 0 Å². The van der Waals surface area contributed by atoms with Crippen LogP contribution in [-0.4, -0.2) is 33.9 Å². The summed E-state index contributed by atoms with van der Waals surface area (Å²) in [6, 6.07) is 5.76. The van der Waals surface area contributed by atoms with Gasteiger partial charge in [0.2, 0.25) is 0 Å². The second-order valence-corrected chi connectivity index (χ2v) is 5.46. The molecule has 0 radical (unpaired) electrons. The molecule has 7 heteroatoms. The lowest BCUT2D eigenvalue weighted by atomic mass is 10.0. The molecule has 2 N–H and O–H groups in total. The lowest BCUT2D eigenvalue weighted by Gasteiger charge is -2.28. The third-order valence-corrected chi connectivity index (χ3v) is 3.82. The van der Waals surface area contributed by atoms with E-state index in [0.717, 1.165) is 19.4 Å². The first kappa shape index (κ1) is 16.5. The van der Waals surface area contributed by atoms with E-state index >= 15 is 0 Å². The van der Waals surface area contributed by atoms with Crippen molar-refractivity contribution in [3.63, 3.8) is 0 Å². The fourth-order valence-electron chi connectivity index (χ4n) is 2.71. The van der Waals surface area contributed by atoms with Crippen molar-refractivity contribution in [2.75, 3.05) is 6.54 Å². The first-order valence-corrected chi connectivity index (χ1v) is 7.16. The number of fused-ring (bicyclic) bond motifs is 1. The molecule has 0 aromatic carbocycles. The molecule has 6 nitrogen and oxygen atoms in total. The summed E-state index contributed by atoms with van der Waals surface area (Å²) in [7, 11) is 0. The molecule has 1 amide bonds. The van der Waals surface area contributed by atoms with Gasteiger partial charge in [0.05, 0.1) is 0 Å². The molecule has 1 aliphatic rings. The van der Waals surface area contributed by atoms with E-state index in [9.17, 15) is 9.59 Å². The standard InChI is InChI=1S/C15H18N4O2.ClH/c1-10-8-11(5-6-16-10)18-14(20)12-9-17-13-4-2-3-7-19(13)15(12)21;/h2-4,7,9-11,16H,5-6,8H2,1H3,(H,18,20);1H. The van der Waals surface area contributed by atoms with E-state index in [0.29, 0.717) is 11.7 Å². The maximum absolute atomic E-state index is 12.3. The van der Waals surface area contributed by atoms with Crippen LogP contribution in [-0.2, 0) is 0 Å². The SMILES string of the molecule is CC1CC(NC(=O)c2cnc3ccccn3c2=O)CCN1.Cl. The summed E-state index contributed by atoms with van der Waals surface area (Å²) in [5.74, 6) is -0.343. The van der Waals surface area contributed by atoms with Crippen molar-refractivity contribution in [1.29, 1.82) is 0 Å². The quantitative estimate of drug-likeness (QED) is 0.864. The van der Waals surface area contributed by atoms with E-state index in [2.05, 4.69) is 22.5 Å². The number of nitrogens with zero attached hydrogens (tertiary/aromatic N) is 2. The van der Waals surface area contributed by atoms with Gasteiger partial charge in [0, 0.05) is 24.5 Å². The normalized spacial score (nSPS) is 21.1. The molecule has 2 unspecified atom stereocenters. The van der Waals surface area contributed by atoms with Crippen molar-refractivity contribution < 1.29 is 4.79 Å². The van der Waals surface area contributed by atoms with Crippen LogP contribution in [0.5, 0.6) is 0 Å². The van der Waals surface area contributed by atoms with E-state index in [1.165, 1.54) is 10.6 Å². The Balaban J connectivity index is 0.00000176. The topological polar surface area (TPSA) is 75.5 Å². The first-order valence-electron chi connectivity index (χ1n) is 7.16. The Morgan fingerprint density at radius 1 is 1.45 bits per heavy atom. The molecule has 1 aliphatic heterocycles. The Kier molecular flexibility index (Phi) is 5.15. The van der Waals surface area contributed by atoms with E-state index in [1.54, 1.807) is 24.4 Å². The average Bonchev–Trinajstić information content (AvgIpc) is 2.48. The highest BCUT2D eigenvalue weighted by atomic mass is 35.5. The van der Waals surface area contributed by atoms with Crippen LogP contribution < -0.4 is 16.2 Å². The summed E-state index contributed by atoms with van der Waals surface area (Å²) in [6.45, 7) is 2.96. The molecular formula is C15H19ClN4O2. The predicted molar refractivity (Wildman–Crippen MR) is 86.7 cm³/mol. The number of hydrogen-bond acceptors (Lipinski definition) is 4. The number of nitrogens with one attached hydrogen (secondary N) is 2. The number of rotatable bonds is 2. The van der Waals surface area contributed by atoms with E-state index in [1.807, 2.05) is 0 Å². The minimum absolute atomic E-state index is 0. The minimum atomic E-state index is -0.343. The van der Waals surface area contributed by atoms with Crippen molar-refractivity contribution in [1.82, 2.24) is 20.0 Å². The van der Waals surface area contributed by atoms with Gasteiger partial charge in [0.1, 0.15) is 11.2 Å². The van der Waals surface area contributed by atoms with Gasteiger partial charge >= 0.3 is 0 Å². The van der Waals surface area contributed by atoms with Crippen LogP contribution >= 0.6 is 12.4 Å². The molecule has 118 valence electrons. The first-order chi connectivity index (χ1) is 10.1. The number of piperidine rings is 1. The number of pyridine rings is 1. The largest absolute Gasteiger partial charge is 0.349 e. The summed E-state index contributed by atoms with van der Waals surface area (Å²) in [5, 5.41) is 6.27. The van der Waals surface area contributed by atoms with Gasteiger partial charge in [-0.3, -0.25) is 14.0 Å². The molecule has 2 aromatic heterocycles. The van der Waals surface area contributed by atoms with Crippen molar-refractivity contribution in [2.45, 2.75) is 31.8 Å². The second-order valence-electron chi connectivity index (χ2n) is 5.46. The molecule has 1 saturated heterocycles. The van der Waals surface area contributed by atoms with Crippen LogP contribution in [0.3, 0.4) is 0 Å². The molecule has 3 rings (SSSR count). The highest BCUT2D eigenvalue weighted by Gasteiger charge is 2.22. The fourth-order valence-corrected chi connectivity index (χ4v) is 2.71. The molecule has 1 fully saturated rings. The van der Waals surface area contributed by atoms with Gasteiger partial charge in [-0.2, -0.15) is 0 Å². The zero-order chi connectivity index (χ0) is 14.8. The Labute approximate surface area is 134 Å². The number of amides is 1. The van der Waals surface area contributed by atoms with Crippen LogP contribution in [0, 0.1) is 0 Å². The van der Waals surface area contributed by atoms with Crippen molar-refractivity contribution in [3.8, 4) is 0 Å². The van der Waals surface area contributed by atoms with Crippen LogP contribution in [0.1, 0.15) is 30.1 Å². The predicted octanol–water partition coefficient (Wildman–Crippen LogP) is 0.987. The Morgan fingerprint density at radius 2 is 2.27 bits per heavy atom. The zero-order valence-electron chi connectivity index (χ0n) is 12.3. The minimum Gasteiger partial charge on any atom is -0.349 e. The lowest BCUT2D eigenvalue weighted by molar-refractivity contribution is 0.0923. The van der Waals surface area contributed by atoms with Gasteiger partial charge in [-0.15, -0.1) is 12.4 Å². The average molecular weight is 323 g/mol. The van der Waals surface area contributed by atoms with E-state index in [4.69, 9.17) is 0 Å². The van der Waals surface area contributed by atoms with Crippen LogP contribution in [0.25, 0.3) is 5.65 Å². The summed E-state index contributed by atoms with van der Waals surface area (Å²) in [6.07, 6.45) is 4.72. The van der Waals surface area contributed by atoms with E-state index in [-0.39, 0.29) is 35.5 Å². The third-order valence-electron chi connectivity index (χ3n) is 3.82. The number of halogens is 1.